The first-order valence-corrected chi connectivity index (χ1v) is 8.22. The van der Waals surface area contributed by atoms with Crippen molar-refractivity contribution in [2.75, 3.05) is 0 Å². The third kappa shape index (κ3) is 3.61. The van der Waals surface area contributed by atoms with E-state index in [0.29, 0.717) is 5.56 Å². The molecule has 0 saturated heterocycles. The zero-order valence-corrected chi connectivity index (χ0v) is 14.3. The molecule has 132 valence electrons. The number of carbonyl (C=O) groups is 1. The van der Waals surface area contributed by atoms with Gasteiger partial charge in [-0.1, -0.05) is 36.4 Å². The van der Waals surface area contributed by atoms with Gasteiger partial charge in [0.2, 0.25) is 5.91 Å². The van der Waals surface area contributed by atoms with Crippen LogP contribution in [0.3, 0.4) is 0 Å². The number of hydrogen-bond acceptors (Lipinski definition) is 4. The van der Waals surface area contributed by atoms with Crippen molar-refractivity contribution in [1.29, 1.82) is 0 Å². The molecule has 1 aromatic heterocycles. The molecule has 0 atom stereocenters. The molecule has 3 rings (SSSR count). The third-order valence-electron chi connectivity index (χ3n) is 4.09. The molecule has 0 aliphatic carbocycles. The molecular weight excluding hydrogens is 332 g/mol. The molecule has 0 saturated carbocycles. The van der Waals surface area contributed by atoms with E-state index in [0.717, 1.165) is 23.0 Å². The highest BCUT2D eigenvalue weighted by Gasteiger charge is 2.15. The van der Waals surface area contributed by atoms with Crippen LogP contribution in [0.5, 0.6) is 0 Å². The maximum atomic E-state index is 12.0. The first kappa shape index (κ1) is 17.3. The van der Waals surface area contributed by atoms with Crippen LogP contribution in [-0.2, 0) is 17.8 Å². The summed E-state index contributed by atoms with van der Waals surface area (Å²) >= 11 is 0. The number of carbonyl (C=O) groups excluding carboxylic acids is 1. The minimum absolute atomic E-state index is 0.0716. The number of nitro groups is 1. The minimum Gasteiger partial charge on any atom is -0.347 e. The van der Waals surface area contributed by atoms with E-state index in [2.05, 4.69) is 22.0 Å². The molecular formula is C19H18N4O3. The van der Waals surface area contributed by atoms with Crippen molar-refractivity contribution in [2.24, 2.45) is 5.10 Å². The van der Waals surface area contributed by atoms with Crippen LogP contribution in [-0.4, -0.2) is 21.6 Å². The van der Waals surface area contributed by atoms with Gasteiger partial charge in [-0.05, 0) is 13.0 Å². The Morgan fingerprint density at radius 3 is 2.73 bits per heavy atom. The topological polar surface area (TPSA) is 89.5 Å². The second kappa shape index (κ2) is 7.60. The van der Waals surface area contributed by atoms with Gasteiger partial charge in [-0.3, -0.25) is 14.9 Å². The number of hydrazone groups is 1. The highest BCUT2D eigenvalue weighted by molar-refractivity contribution is 5.99. The molecule has 0 unspecified atom stereocenters. The molecule has 0 radical (unpaired) electrons. The maximum absolute atomic E-state index is 12.0. The fourth-order valence-corrected chi connectivity index (χ4v) is 2.86. The van der Waals surface area contributed by atoms with Crippen molar-refractivity contribution in [3.05, 3.63) is 76.0 Å². The molecule has 3 aromatic rings. The summed E-state index contributed by atoms with van der Waals surface area (Å²) < 4.78 is 2.10. The second-order valence-corrected chi connectivity index (χ2v) is 5.74. The number of para-hydroxylation sites is 2. The molecule has 26 heavy (non-hydrogen) atoms. The fourth-order valence-electron chi connectivity index (χ4n) is 2.86. The van der Waals surface area contributed by atoms with Gasteiger partial charge >= 0.3 is 0 Å². The summed E-state index contributed by atoms with van der Waals surface area (Å²) in [5.41, 5.74) is 4.72. The summed E-state index contributed by atoms with van der Waals surface area (Å²) in [6.07, 6.45) is 3.46. The fraction of sp³-hybridized carbons (Fsp3) is 0.158. The van der Waals surface area contributed by atoms with E-state index in [4.69, 9.17) is 0 Å². The van der Waals surface area contributed by atoms with Crippen molar-refractivity contribution < 1.29 is 9.72 Å². The normalized spacial score (nSPS) is 11.1. The Morgan fingerprint density at radius 2 is 1.96 bits per heavy atom. The zero-order valence-electron chi connectivity index (χ0n) is 14.3. The zero-order chi connectivity index (χ0) is 18.5. The predicted octanol–water partition coefficient (Wildman–Crippen LogP) is 3.26. The Hall–Kier alpha value is -3.48. The predicted molar refractivity (Wildman–Crippen MR) is 100 cm³/mol. The van der Waals surface area contributed by atoms with E-state index in [-0.39, 0.29) is 12.1 Å². The summed E-state index contributed by atoms with van der Waals surface area (Å²) in [5.74, 6) is -0.408. The Bertz CT molecular complexity index is 991. The van der Waals surface area contributed by atoms with Gasteiger partial charge in [-0.2, -0.15) is 5.10 Å². The molecule has 0 bridgehead atoms. The van der Waals surface area contributed by atoms with Crippen LogP contribution in [0.4, 0.5) is 5.69 Å². The summed E-state index contributed by atoms with van der Waals surface area (Å²) in [4.78, 5) is 22.6. The van der Waals surface area contributed by atoms with Crippen molar-refractivity contribution in [1.82, 2.24) is 9.99 Å². The number of aryl methyl sites for hydroxylation is 1. The van der Waals surface area contributed by atoms with Crippen molar-refractivity contribution >= 4 is 28.7 Å². The lowest BCUT2D eigenvalue weighted by Gasteiger charge is -2.01. The molecule has 1 N–H and O–H groups in total. The molecule has 2 aromatic carbocycles. The van der Waals surface area contributed by atoms with Gasteiger partial charge in [0.1, 0.15) is 0 Å². The smallest absolute Gasteiger partial charge is 0.273 e. The van der Waals surface area contributed by atoms with E-state index in [9.17, 15) is 14.9 Å². The van der Waals surface area contributed by atoms with Crippen molar-refractivity contribution in [2.45, 2.75) is 19.9 Å². The second-order valence-electron chi connectivity index (χ2n) is 5.74. The van der Waals surface area contributed by atoms with E-state index in [1.807, 2.05) is 30.5 Å². The van der Waals surface area contributed by atoms with E-state index >= 15 is 0 Å². The number of nitro benzene ring substituents is 1. The first-order chi connectivity index (χ1) is 12.6. The van der Waals surface area contributed by atoms with E-state index in [1.165, 1.54) is 6.07 Å². The number of nitrogens with zero attached hydrogens (tertiary/aromatic N) is 3. The van der Waals surface area contributed by atoms with Gasteiger partial charge in [0.15, 0.2) is 0 Å². The summed E-state index contributed by atoms with van der Waals surface area (Å²) in [6, 6.07) is 14.1. The molecule has 0 aliphatic heterocycles. The van der Waals surface area contributed by atoms with Crippen molar-refractivity contribution in [3.63, 3.8) is 0 Å². The van der Waals surface area contributed by atoms with Gasteiger partial charge in [0, 0.05) is 40.8 Å². The van der Waals surface area contributed by atoms with Crippen LogP contribution in [0, 0.1) is 10.1 Å². The van der Waals surface area contributed by atoms with Crippen LogP contribution >= 0.6 is 0 Å². The molecule has 1 heterocycles. The summed E-state index contributed by atoms with van der Waals surface area (Å²) in [6.45, 7) is 2.89. The number of benzene rings is 2. The Kier molecular flexibility index (Phi) is 5.07. The highest BCUT2D eigenvalue weighted by atomic mass is 16.6. The molecule has 7 nitrogen and oxygen atoms in total. The largest absolute Gasteiger partial charge is 0.347 e. The van der Waals surface area contributed by atoms with Crippen molar-refractivity contribution in [3.8, 4) is 0 Å². The van der Waals surface area contributed by atoms with Gasteiger partial charge < -0.3 is 4.57 Å². The van der Waals surface area contributed by atoms with Crippen LogP contribution < -0.4 is 5.43 Å². The lowest BCUT2D eigenvalue weighted by Crippen LogP contribution is -2.20. The number of fused-ring (bicyclic) bond motifs is 1. The van der Waals surface area contributed by atoms with Crippen LogP contribution in [0.2, 0.25) is 0 Å². The number of amides is 1. The maximum Gasteiger partial charge on any atom is 0.273 e. The molecule has 0 aliphatic rings. The van der Waals surface area contributed by atoms with E-state index in [1.54, 1.807) is 24.4 Å². The van der Waals surface area contributed by atoms with Gasteiger partial charge in [0.25, 0.3) is 5.69 Å². The summed E-state index contributed by atoms with van der Waals surface area (Å²) in [5, 5.41) is 16.0. The number of aromatic nitrogens is 1. The Morgan fingerprint density at radius 1 is 1.23 bits per heavy atom. The van der Waals surface area contributed by atoms with Gasteiger partial charge in [0.05, 0.1) is 17.6 Å². The molecule has 7 heteroatoms. The number of hydrogen-bond donors (Lipinski definition) is 1. The van der Waals surface area contributed by atoms with Crippen LogP contribution in [0.25, 0.3) is 10.9 Å². The standard InChI is InChI=1S/C19H18N4O3/c1-2-22-13-15(16-8-4-6-10-18(16)22)12-20-21-19(24)11-14-7-3-5-9-17(14)23(25)26/h3-10,12-13H,2,11H2,1H3,(H,21,24)/b20-12+. The number of rotatable bonds is 6. The molecule has 0 fully saturated rings. The average molecular weight is 350 g/mol. The van der Waals surface area contributed by atoms with Crippen LogP contribution in [0.1, 0.15) is 18.1 Å². The van der Waals surface area contributed by atoms with Crippen LogP contribution in [0.15, 0.2) is 59.8 Å². The van der Waals surface area contributed by atoms with Gasteiger partial charge in [-0.25, -0.2) is 5.43 Å². The SMILES string of the molecule is CCn1cc(/C=N/NC(=O)Cc2ccccc2[N+](=O)[O-])c2ccccc21. The molecule has 1 amide bonds. The Balaban J connectivity index is 1.72. The third-order valence-corrected chi connectivity index (χ3v) is 4.09. The highest BCUT2D eigenvalue weighted by Crippen LogP contribution is 2.20. The Labute approximate surface area is 150 Å². The monoisotopic (exact) mass is 350 g/mol. The lowest BCUT2D eigenvalue weighted by molar-refractivity contribution is -0.385. The van der Waals surface area contributed by atoms with Gasteiger partial charge in [-0.15, -0.1) is 0 Å². The quantitative estimate of drug-likeness (QED) is 0.420. The molecule has 0 spiro atoms. The summed E-state index contributed by atoms with van der Waals surface area (Å²) in [7, 11) is 0. The first-order valence-electron chi connectivity index (χ1n) is 8.22. The minimum atomic E-state index is -0.495. The number of nitrogens with one attached hydrogen (secondary N) is 1. The van der Waals surface area contributed by atoms with E-state index < -0.39 is 10.8 Å². The average Bonchev–Trinajstić information content (AvgIpc) is 3.00. The lowest BCUT2D eigenvalue weighted by atomic mass is 10.1.